The molecule has 0 atom stereocenters. The molecule has 2 aliphatic rings. The Morgan fingerprint density at radius 2 is 2.04 bits per heavy atom. The molecule has 1 spiro atoms. The van der Waals surface area contributed by atoms with Crippen LogP contribution in [0.1, 0.15) is 24.8 Å². The highest BCUT2D eigenvalue weighted by Crippen LogP contribution is 2.43. The van der Waals surface area contributed by atoms with Gasteiger partial charge in [0.25, 0.3) is 0 Å². The average Bonchev–Trinajstić information content (AvgIpc) is 3.27. The lowest BCUT2D eigenvalue weighted by molar-refractivity contribution is -0.128. The number of anilines is 1. The highest BCUT2D eigenvalue weighted by molar-refractivity contribution is 7.08. The summed E-state index contributed by atoms with van der Waals surface area (Å²) in [6.07, 6.45) is 4.61. The van der Waals surface area contributed by atoms with Crippen molar-refractivity contribution in [1.82, 2.24) is 9.88 Å². The predicted molar refractivity (Wildman–Crippen MR) is 99.0 cm³/mol. The molecule has 2 saturated heterocycles. The Labute approximate surface area is 152 Å². The number of methoxy groups -OCH3 is 1. The minimum absolute atomic E-state index is 0.155. The summed E-state index contributed by atoms with van der Waals surface area (Å²) in [6, 6.07) is 6.06. The van der Waals surface area contributed by atoms with Gasteiger partial charge in [0, 0.05) is 30.2 Å². The van der Waals surface area contributed by atoms with E-state index in [0.717, 1.165) is 56.7 Å². The van der Waals surface area contributed by atoms with Gasteiger partial charge < -0.3 is 9.64 Å². The first-order valence-electron chi connectivity index (χ1n) is 8.76. The van der Waals surface area contributed by atoms with E-state index in [2.05, 4.69) is 21.3 Å². The summed E-state index contributed by atoms with van der Waals surface area (Å²) < 4.78 is 5.36. The van der Waals surface area contributed by atoms with E-state index in [1.807, 2.05) is 22.4 Å². The highest BCUT2D eigenvalue weighted by atomic mass is 32.1. The quantitative estimate of drug-likeness (QED) is 0.843. The largest absolute Gasteiger partial charge is 0.481 e. The summed E-state index contributed by atoms with van der Waals surface area (Å²) in [5.41, 5.74) is 2.02. The Morgan fingerprint density at radius 1 is 1.24 bits per heavy atom. The Kier molecular flexibility index (Phi) is 4.48. The van der Waals surface area contributed by atoms with Gasteiger partial charge in [-0.05, 0) is 49.9 Å². The van der Waals surface area contributed by atoms with Crippen LogP contribution in [-0.4, -0.2) is 42.5 Å². The number of rotatable bonds is 4. The van der Waals surface area contributed by atoms with Crippen molar-refractivity contribution in [2.24, 2.45) is 5.41 Å². The molecule has 0 N–H and O–H groups in total. The van der Waals surface area contributed by atoms with Crippen molar-refractivity contribution in [3.8, 4) is 5.88 Å². The van der Waals surface area contributed by atoms with Gasteiger partial charge in [0.1, 0.15) is 0 Å². The number of ether oxygens (including phenoxy) is 1. The summed E-state index contributed by atoms with van der Waals surface area (Å²) in [4.78, 5) is 21.7. The monoisotopic (exact) mass is 357 g/mol. The van der Waals surface area contributed by atoms with Crippen LogP contribution >= 0.6 is 11.3 Å². The summed E-state index contributed by atoms with van der Waals surface area (Å²) in [5, 5.41) is 4.11. The SMILES string of the molecule is COc1ncccc1CN1CCC2(CC1)CCN(c1ccsc1)C2=O. The molecule has 4 heterocycles. The third kappa shape index (κ3) is 3.04. The van der Waals surface area contributed by atoms with Gasteiger partial charge in [-0.2, -0.15) is 11.3 Å². The zero-order valence-electron chi connectivity index (χ0n) is 14.5. The number of piperidine rings is 1. The van der Waals surface area contributed by atoms with E-state index < -0.39 is 0 Å². The second-order valence-electron chi connectivity index (χ2n) is 6.92. The fourth-order valence-electron chi connectivity index (χ4n) is 4.05. The average molecular weight is 357 g/mol. The first-order chi connectivity index (χ1) is 12.2. The number of pyridine rings is 1. The lowest BCUT2D eigenvalue weighted by Crippen LogP contribution is -2.44. The maximum atomic E-state index is 13.0. The molecule has 2 aliphatic heterocycles. The van der Waals surface area contributed by atoms with E-state index in [9.17, 15) is 4.79 Å². The van der Waals surface area contributed by atoms with Crippen molar-refractivity contribution in [3.63, 3.8) is 0 Å². The van der Waals surface area contributed by atoms with Crippen LogP contribution in [0.4, 0.5) is 5.69 Å². The number of amides is 1. The zero-order chi connectivity index (χ0) is 17.3. The molecule has 2 fully saturated rings. The first kappa shape index (κ1) is 16.5. The van der Waals surface area contributed by atoms with Gasteiger partial charge in [0.2, 0.25) is 11.8 Å². The normalized spacial score (nSPS) is 20.4. The van der Waals surface area contributed by atoms with Crippen molar-refractivity contribution < 1.29 is 9.53 Å². The van der Waals surface area contributed by atoms with Crippen molar-refractivity contribution in [1.29, 1.82) is 0 Å². The van der Waals surface area contributed by atoms with Crippen LogP contribution in [0.3, 0.4) is 0 Å². The minimum Gasteiger partial charge on any atom is -0.481 e. The van der Waals surface area contributed by atoms with Crippen molar-refractivity contribution >= 4 is 22.9 Å². The van der Waals surface area contributed by atoms with E-state index in [0.29, 0.717) is 11.8 Å². The molecule has 2 aromatic rings. The number of hydrogen-bond acceptors (Lipinski definition) is 5. The Bertz CT molecular complexity index is 739. The van der Waals surface area contributed by atoms with E-state index in [-0.39, 0.29) is 5.41 Å². The van der Waals surface area contributed by atoms with Crippen LogP contribution in [-0.2, 0) is 11.3 Å². The number of carbonyl (C=O) groups is 1. The topological polar surface area (TPSA) is 45.7 Å². The van der Waals surface area contributed by atoms with Crippen LogP contribution in [0, 0.1) is 5.41 Å². The Hall–Kier alpha value is -1.92. The van der Waals surface area contributed by atoms with Gasteiger partial charge in [-0.15, -0.1) is 0 Å². The molecule has 5 nitrogen and oxygen atoms in total. The lowest BCUT2D eigenvalue weighted by Gasteiger charge is -2.38. The standard InChI is InChI=1S/C19H23N3O2S/c1-24-17-15(3-2-8-20-17)13-21-9-5-19(6-10-21)7-11-22(18(19)23)16-4-12-25-14-16/h2-4,8,12,14H,5-7,9-11,13H2,1H3. The molecule has 132 valence electrons. The van der Waals surface area contributed by atoms with Gasteiger partial charge in [-0.1, -0.05) is 6.07 Å². The number of thiophene rings is 1. The van der Waals surface area contributed by atoms with Gasteiger partial charge in [-0.25, -0.2) is 4.98 Å². The van der Waals surface area contributed by atoms with E-state index in [1.165, 1.54) is 0 Å². The number of hydrogen-bond donors (Lipinski definition) is 0. The zero-order valence-corrected chi connectivity index (χ0v) is 15.3. The second-order valence-corrected chi connectivity index (χ2v) is 7.70. The maximum absolute atomic E-state index is 13.0. The minimum atomic E-state index is -0.155. The first-order valence-corrected chi connectivity index (χ1v) is 9.70. The fraction of sp³-hybridized carbons (Fsp3) is 0.474. The smallest absolute Gasteiger partial charge is 0.233 e. The number of nitrogens with zero attached hydrogens (tertiary/aromatic N) is 3. The summed E-state index contributed by atoms with van der Waals surface area (Å²) in [7, 11) is 1.66. The van der Waals surface area contributed by atoms with Gasteiger partial charge in [0.15, 0.2) is 0 Å². The highest BCUT2D eigenvalue weighted by Gasteiger charge is 2.48. The number of aromatic nitrogens is 1. The molecule has 2 aromatic heterocycles. The molecule has 25 heavy (non-hydrogen) atoms. The third-order valence-electron chi connectivity index (χ3n) is 5.58. The molecule has 0 bridgehead atoms. The van der Waals surface area contributed by atoms with E-state index in [1.54, 1.807) is 24.6 Å². The van der Waals surface area contributed by atoms with Gasteiger partial charge in [-0.3, -0.25) is 9.69 Å². The second kappa shape index (κ2) is 6.77. The fourth-order valence-corrected chi connectivity index (χ4v) is 4.69. The third-order valence-corrected chi connectivity index (χ3v) is 6.25. The summed E-state index contributed by atoms with van der Waals surface area (Å²) >= 11 is 1.65. The molecule has 0 aliphatic carbocycles. The molecule has 4 rings (SSSR count). The number of likely N-dealkylation sites (tertiary alicyclic amines) is 1. The van der Waals surface area contributed by atoms with Gasteiger partial charge in [0.05, 0.1) is 18.2 Å². The van der Waals surface area contributed by atoms with E-state index in [4.69, 9.17) is 4.74 Å². The van der Waals surface area contributed by atoms with Crippen molar-refractivity contribution in [3.05, 3.63) is 40.7 Å². The van der Waals surface area contributed by atoms with E-state index >= 15 is 0 Å². The Balaban J connectivity index is 1.41. The predicted octanol–water partition coefficient (Wildman–Crippen LogP) is 3.17. The van der Waals surface area contributed by atoms with Crippen LogP contribution in [0.15, 0.2) is 35.2 Å². The van der Waals surface area contributed by atoms with Crippen LogP contribution in [0.5, 0.6) is 5.88 Å². The summed E-state index contributed by atoms with van der Waals surface area (Å²) in [5.74, 6) is 1.02. The van der Waals surface area contributed by atoms with Gasteiger partial charge >= 0.3 is 0 Å². The number of carbonyl (C=O) groups excluding carboxylic acids is 1. The molecule has 0 unspecified atom stereocenters. The summed E-state index contributed by atoms with van der Waals surface area (Å²) in [6.45, 7) is 3.57. The Morgan fingerprint density at radius 3 is 2.76 bits per heavy atom. The van der Waals surface area contributed by atoms with Crippen LogP contribution in [0.2, 0.25) is 0 Å². The van der Waals surface area contributed by atoms with Crippen LogP contribution < -0.4 is 9.64 Å². The van der Waals surface area contributed by atoms with Crippen molar-refractivity contribution in [2.75, 3.05) is 31.6 Å². The maximum Gasteiger partial charge on any atom is 0.233 e. The molecular formula is C19H23N3O2S. The van der Waals surface area contributed by atoms with Crippen molar-refractivity contribution in [2.45, 2.75) is 25.8 Å². The lowest BCUT2D eigenvalue weighted by atomic mass is 9.77. The van der Waals surface area contributed by atoms with Crippen LogP contribution in [0.25, 0.3) is 0 Å². The molecule has 6 heteroatoms. The molecular weight excluding hydrogens is 334 g/mol. The molecule has 0 aromatic carbocycles. The molecule has 1 amide bonds. The molecule has 0 saturated carbocycles. The molecule has 0 radical (unpaired) electrons.